The maximum atomic E-state index is 12.2. The van der Waals surface area contributed by atoms with Gasteiger partial charge >= 0.3 is 0 Å². The molecule has 0 atom stereocenters. The van der Waals surface area contributed by atoms with E-state index >= 15 is 0 Å². The van der Waals surface area contributed by atoms with E-state index in [1.165, 1.54) is 0 Å². The SMILES string of the molecule is CCc1cccc(C)c1NC(=O)CNc1cccc(OC)c1. The van der Waals surface area contributed by atoms with Crippen LogP contribution in [0.15, 0.2) is 42.5 Å². The number of anilines is 2. The second-order valence-corrected chi connectivity index (χ2v) is 5.10. The summed E-state index contributed by atoms with van der Waals surface area (Å²) in [5.74, 6) is 0.699. The van der Waals surface area contributed by atoms with Gasteiger partial charge in [0.2, 0.25) is 5.91 Å². The average Bonchev–Trinajstić information content (AvgIpc) is 2.55. The molecule has 2 aromatic carbocycles. The average molecular weight is 298 g/mol. The van der Waals surface area contributed by atoms with Crippen LogP contribution in [0.5, 0.6) is 5.75 Å². The zero-order chi connectivity index (χ0) is 15.9. The molecular weight excluding hydrogens is 276 g/mol. The van der Waals surface area contributed by atoms with Crippen LogP contribution in [0.2, 0.25) is 0 Å². The van der Waals surface area contributed by atoms with Crippen molar-refractivity contribution < 1.29 is 9.53 Å². The molecule has 0 spiro atoms. The summed E-state index contributed by atoms with van der Waals surface area (Å²) in [4.78, 5) is 12.2. The molecule has 2 N–H and O–H groups in total. The van der Waals surface area contributed by atoms with Crippen molar-refractivity contribution in [2.75, 3.05) is 24.3 Å². The highest BCUT2D eigenvalue weighted by Gasteiger charge is 2.08. The fraction of sp³-hybridized carbons (Fsp3) is 0.278. The molecule has 0 saturated heterocycles. The van der Waals surface area contributed by atoms with Crippen LogP contribution in [0.4, 0.5) is 11.4 Å². The number of hydrogen-bond donors (Lipinski definition) is 2. The summed E-state index contributed by atoms with van der Waals surface area (Å²) in [5, 5.41) is 6.10. The number of methoxy groups -OCH3 is 1. The Hall–Kier alpha value is -2.49. The van der Waals surface area contributed by atoms with E-state index in [-0.39, 0.29) is 12.5 Å². The lowest BCUT2D eigenvalue weighted by atomic mass is 10.1. The number of rotatable bonds is 6. The Kier molecular flexibility index (Phi) is 5.42. The van der Waals surface area contributed by atoms with Gasteiger partial charge in [-0.05, 0) is 36.6 Å². The van der Waals surface area contributed by atoms with Crippen molar-refractivity contribution in [2.45, 2.75) is 20.3 Å². The predicted molar refractivity (Wildman–Crippen MR) is 90.7 cm³/mol. The molecule has 1 amide bonds. The molecule has 2 aromatic rings. The van der Waals surface area contributed by atoms with E-state index in [9.17, 15) is 4.79 Å². The van der Waals surface area contributed by atoms with Gasteiger partial charge in [-0.15, -0.1) is 0 Å². The number of amides is 1. The molecule has 0 bridgehead atoms. The molecule has 0 aromatic heterocycles. The number of aryl methyl sites for hydroxylation is 2. The van der Waals surface area contributed by atoms with Gasteiger partial charge in [-0.3, -0.25) is 4.79 Å². The van der Waals surface area contributed by atoms with Gasteiger partial charge in [0.25, 0.3) is 0 Å². The lowest BCUT2D eigenvalue weighted by Gasteiger charge is -2.14. The highest BCUT2D eigenvalue weighted by Crippen LogP contribution is 2.21. The van der Waals surface area contributed by atoms with Gasteiger partial charge < -0.3 is 15.4 Å². The molecule has 0 radical (unpaired) electrons. The van der Waals surface area contributed by atoms with Crippen LogP contribution < -0.4 is 15.4 Å². The van der Waals surface area contributed by atoms with E-state index in [1.807, 2.05) is 49.4 Å². The minimum Gasteiger partial charge on any atom is -0.497 e. The fourth-order valence-corrected chi connectivity index (χ4v) is 2.30. The molecule has 4 heteroatoms. The zero-order valence-corrected chi connectivity index (χ0v) is 13.3. The molecule has 116 valence electrons. The molecule has 0 aliphatic rings. The van der Waals surface area contributed by atoms with Crippen molar-refractivity contribution >= 4 is 17.3 Å². The van der Waals surface area contributed by atoms with E-state index < -0.39 is 0 Å². The lowest BCUT2D eigenvalue weighted by molar-refractivity contribution is -0.114. The Morgan fingerprint density at radius 3 is 2.68 bits per heavy atom. The van der Waals surface area contributed by atoms with Crippen molar-refractivity contribution in [3.05, 3.63) is 53.6 Å². The maximum absolute atomic E-state index is 12.2. The Balaban J connectivity index is 1.99. The topological polar surface area (TPSA) is 50.4 Å². The Labute approximate surface area is 131 Å². The van der Waals surface area contributed by atoms with Crippen molar-refractivity contribution in [3.8, 4) is 5.75 Å². The number of carbonyl (C=O) groups is 1. The molecule has 0 saturated carbocycles. The summed E-state index contributed by atoms with van der Waals surface area (Å²) in [6.45, 7) is 4.30. The number of hydrogen-bond acceptors (Lipinski definition) is 3. The van der Waals surface area contributed by atoms with Crippen LogP contribution in [0.3, 0.4) is 0 Å². The maximum Gasteiger partial charge on any atom is 0.243 e. The third kappa shape index (κ3) is 4.01. The predicted octanol–water partition coefficient (Wildman–Crippen LogP) is 3.62. The second-order valence-electron chi connectivity index (χ2n) is 5.10. The van der Waals surface area contributed by atoms with Gasteiger partial charge in [-0.2, -0.15) is 0 Å². The van der Waals surface area contributed by atoms with Crippen LogP contribution in [0, 0.1) is 6.92 Å². The summed E-state index contributed by atoms with van der Waals surface area (Å²) in [7, 11) is 1.62. The summed E-state index contributed by atoms with van der Waals surface area (Å²) in [6, 6.07) is 13.6. The number of ether oxygens (including phenoxy) is 1. The van der Waals surface area contributed by atoms with Gasteiger partial charge in [-0.25, -0.2) is 0 Å². The first-order valence-corrected chi connectivity index (χ1v) is 7.40. The van der Waals surface area contributed by atoms with Gasteiger partial charge in [0.15, 0.2) is 0 Å². The zero-order valence-electron chi connectivity index (χ0n) is 13.3. The quantitative estimate of drug-likeness (QED) is 0.856. The third-order valence-electron chi connectivity index (χ3n) is 3.53. The second kappa shape index (κ2) is 7.50. The van der Waals surface area contributed by atoms with E-state index in [0.717, 1.165) is 34.7 Å². The molecule has 4 nitrogen and oxygen atoms in total. The first kappa shape index (κ1) is 15.9. The number of para-hydroxylation sites is 1. The standard InChI is InChI=1S/C18H22N2O2/c1-4-14-8-5-7-13(2)18(14)20-17(21)12-19-15-9-6-10-16(11-15)22-3/h5-11,19H,4,12H2,1-3H3,(H,20,21). The van der Waals surface area contributed by atoms with E-state index in [0.29, 0.717) is 0 Å². The summed E-state index contributed by atoms with van der Waals surface area (Å²) < 4.78 is 5.16. The van der Waals surface area contributed by atoms with E-state index in [4.69, 9.17) is 4.74 Å². The molecular formula is C18H22N2O2. The van der Waals surface area contributed by atoms with Gasteiger partial charge in [0.1, 0.15) is 5.75 Å². The molecule has 22 heavy (non-hydrogen) atoms. The minimum atomic E-state index is -0.0631. The molecule has 0 aliphatic heterocycles. The van der Waals surface area contributed by atoms with Crippen molar-refractivity contribution in [1.82, 2.24) is 0 Å². The highest BCUT2D eigenvalue weighted by atomic mass is 16.5. The van der Waals surface area contributed by atoms with Crippen LogP contribution in [0.1, 0.15) is 18.1 Å². The van der Waals surface area contributed by atoms with Crippen molar-refractivity contribution in [2.24, 2.45) is 0 Å². The Morgan fingerprint density at radius 1 is 1.18 bits per heavy atom. The summed E-state index contributed by atoms with van der Waals surface area (Å²) in [5.41, 5.74) is 4.00. The van der Waals surface area contributed by atoms with Gasteiger partial charge in [0, 0.05) is 17.4 Å². The van der Waals surface area contributed by atoms with Crippen LogP contribution in [0.25, 0.3) is 0 Å². The number of benzene rings is 2. The monoisotopic (exact) mass is 298 g/mol. The number of carbonyl (C=O) groups excluding carboxylic acids is 1. The highest BCUT2D eigenvalue weighted by molar-refractivity contribution is 5.95. The van der Waals surface area contributed by atoms with Crippen LogP contribution in [-0.2, 0) is 11.2 Å². The van der Waals surface area contributed by atoms with Crippen LogP contribution in [-0.4, -0.2) is 19.6 Å². The fourth-order valence-electron chi connectivity index (χ4n) is 2.30. The summed E-state index contributed by atoms with van der Waals surface area (Å²) >= 11 is 0. The largest absolute Gasteiger partial charge is 0.497 e. The Bertz CT molecular complexity index is 653. The van der Waals surface area contributed by atoms with E-state index in [1.54, 1.807) is 7.11 Å². The van der Waals surface area contributed by atoms with Crippen LogP contribution >= 0.6 is 0 Å². The van der Waals surface area contributed by atoms with Gasteiger partial charge in [-0.1, -0.05) is 31.2 Å². The molecule has 0 aliphatic carbocycles. The number of nitrogens with one attached hydrogen (secondary N) is 2. The van der Waals surface area contributed by atoms with E-state index in [2.05, 4.69) is 17.6 Å². The Morgan fingerprint density at radius 2 is 1.95 bits per heavy atom. The molecule has 0 unspecified atom stereocenters. The summed E-state index contributed by atoms with van der Waals surface area (Å²) in [6.07, 6.45) is 0.889. The molecule has 0 heterocycles. The van der Waals surface area contributed by atoms with Gasteiger partial charge in [0.05, 0.1) is 13.7 Å². The first-order valence-electron chi connectivity index (χ1n) is 7.40. The third-order valence-corrected chi connectivity index (χ3v) is 3.53. The molecule has 2 rings (SSSR count). The normalized spacial score (nSPS) is 10.1. The van der Waals surface area contributed by atoms with Crippen molar-refractivity contribution in [1.29, 1.82) is 0 Å². The first-order chi connectivity index (χ1) is 10.6. The lowest BCUT2D eigenvalue weighted by Crippen LogP contribution is -2.22. The smallest absolute Gasteiger partial charge is 0.243 e. The minimum absolute atomic E-state index is 0.0631. The molecule has 0 fully saturated rings. The van der Waals surface area contributed by atoms with Crippen molar-refractivity contribution in [3.63, 3.8) is 0 Å².